The number of hydrogen-bond acceptors (Lipinski definition) is 0. The molecule has 0 saturated heterocycles. The zero-order valence-corrected chi connectivity index (χ0v) is 14.4. The van der Waals surface area contributed by atoms with E-state index < -0.39 is 8.67 Å². The van der Waals surface area contributed by atoms with Crippen molar-refractivity contribution in [2.75, 3.05) is 0 Å². The summed E-state index contributed by atoms with van der Waals surface area (Å²) in [6.45, 7) is 0. The van der Waals surface area contributed by atoms with Crippen LogP contribution < -0.4 is 0 Å². The third-order valence-electron chi connectivity index (χ3n) is 2.88. The van der Waals surface area contributed by atoms with Gasteiger partial charge in [0.2, 0.25) is 3.79 Å². The van der Waals surface area contributed by atoms with Crippen LogP contribution in [0.5, 0.6) is 0 Å². The van der Waals surface area contributed by atoms with E-state index in [1.807, 2.05) is 0 Å². The average Bonchev–Trinajstić information content (AvgIpc) is 2.38. The predicted octanol–water partition coefficient (Wildman–Crippen LogP) is 6.85. The molecule has 106 valence electrons. The van der Waals surface area contributed by atoms with Crippen molar-refractivity contribution < 1.29 is 0 Å². The first-order valence-corrected chi connectivity index (χ1v) is 7.80. The molecule has 0 aliphatic rings. The van der Waals surface area contributed by atoms with Gasteiger partial charge in [0.1, 0.15) is 4.87 Å². The molecule has 0 amide bonds. The quantitative estimate of drug-likeness (QED) is 0.493. The van der Waals surface area contributed by atoms with Crippen molar-refractivity contribution in [2.45, 2.75) is 8.67 Å². The van der Waals surface area contributed by atoms with Crippen molar-refractivity contribution in [1.82, 2.24) is 0 Å². The fraction of sp³-hybridized carbons (Fsp3) is 0.143. The topological polar surface area (TPSA) is 0 Å². The van der Waals surface area contributed by atoms with E-state index >= 15 is 0 Å². The maximum atomic E-state index is 6.70. The Morgan fingerprint density at radius 1 is 0.700 bits per heavy atom. The van der Waals surface area contributed by atoms with Gasteiger partial charge in [0.15, 0.2) is 0 Å². The second kappa shape index (κ2) is 6.12. The van der Waals surface area contributed by atoms with Crippen LogP contribution in [0.15, 0.2) is 48.5 Å². The van der Waals surface area contributed by atoms with Crippen molar-refractivity contribution in [3.63, 3.8) is 0 Å². The summed E-state index contributed by atoms with van der Waals surface area (Å²) in [6.07, 6.45) is 0. The molecule has 6 heteroatoms. The first-order valence-electron chi connectivity index (χ1n) is 5.53. The van der Waals surface area contributed by atoms with Crippen LogP contribution in [0.2, 0.25) is 10.0 Å². The molecule has 1 unspecified atom stereocenters. The number of halogens is 6. The van der Waals surface area contributed by atoms with Gasteiger partial charge < -0.3 is 0 Å². The third kappa shape index (κ3) is 3.02. The van der Waals surface area contributed by atoms with Gasteiger partial charge in [-0.3, -0.25) is 0 Å². The Morgan fingerprint density at radius 3 is 1.75 bits per heavy atom. The van der Waals surface area contributed by atoms with E-state index in [1.54, 1.807) is 48.5 Å². The van der Waals surface area contributed by atoms with Crippen molar-refractivity contribution >= 4 is 69.6 Å². The number of alkyl halides is 4. The summed E-state index contributed by atoms with van der Waals surface area (Å²) in [6, 6.07) is 13.8. The summed E-state index contributed by atoms with van der Waals surface area (Å²) in [4.78, 5) is -1.42. The molecule has 0 spiro atoms. The Labute approximate surface area is 147 Å². The van der Waals surface area contributed by atoms with Crippen molar-refractivity contribution in [1.29, 1.82) is 0 Å². The van der Waals surface area contributed by atoms with Gasteiger partial charge in [0, 0.05) is 15.6 Å². The Kier molecular flexibility index (Phi) is 5.07. The van der Waals surface area contributed by atoms with Gasteiger partial charge >= 0.3 is 0 Å². The molecule has 0 aliphatic heterocycles. The van der Waals surface area contributed by atoms with Gasteiger partial charge in [-0.05, 0) is 23.8 Å². The molecule has 20 heavy (non-hydrogen) atoms. The zero-order valence-electron chi connectivity index (χ0n) is 9.89. The van der Waals surface area contributed by atoms with E-state index in [1.165, 1.54) is 0 Å². The minimum Gasteiger partial charge on any atom is -0.104 e. The molecule has 0 radical (unpaired) electrons. The SMILES string of the molecule is Clc1ccc(C(Cl)(c2ccccc2Cl)C(Cl)(Cl)Cl)cc1. The minimum atomic E-state index is -1.80. The third-order valence-corrected chi connectivity index (χ3v) is 5.31. The molecule has 0 N–H and O–H groups in total. The zero-order chi connectivity index (χ0) is 15.0. The fourth-order valence-corrected chi connectivity index (χ4v) is 3.27. The van der Waals surface area contributed by atoms with Gasteiger partial charge in [-0.1, -0.05) is 88.3 Å². The molecular formula is C14H8Cl6. The fourth-order valence-electron chi connectivity index (χ4n) is 1.89. The molecule has 0 bridgehead atoms. The molecule has 0 aliphatic carbocycles. The van der Waals surface area contributed by atoms with E-state index in [9.17, 15) is 0 Å². The second-order valence-corrected chi connectivity index (χ2v) is 7.83. The molecular weight excluding hydrogens is 381 g/mol. The summed E-state index contributed by atoms with van der Waals surface area (Å²) in [5.41, 5.74) is 1.11. The van der Waals surface area contributed by atoms with Gasteiger partial charge in [-0.25, -0.2) is 0 Å². The number of benzene rings is 2. The first kappa shape index (κ1) is 16.5. The highest BCUT2D eigenvalue weighted by atomic mass is 35.6. The summed E-state index contributed by atoms with van der Waals surface area (Å²) in [5.74, 6) is 0. The summed E-state index contributed by atoms with van der Waals surface area (Å²) >= 11 is 37.2. The van der Waals surface area contributed by atoms with E-state index in [0.29, 0.717) is 21.2 Å². The summed E-state index contributed by atoms with van der Waals surface area (Å²) < 4.78 is -1.80. The molecule has 0 saturated carbocycles. The molecule has 2 aromatic rings. The van der Waals surface area contributed by atoms with E-state index in [0.717, 1.165) is 0 Å². The highest BCUT2D eigenvalue weighted by Gasteiger charge is 2.51. The van der Waals surface area contributed by atoms with E-state index in [4.69, 9.17) is 69.6 Å². The molecule has 0 fully saturated rings. The van der Waals surface area contributed by atoms with Crippen LogP contribution >= 0.6 is 69.6 Å². The maximum absolute atomic E-state index is 6.70. The maximum Gasteiger partial charge on any atom is 0.217 e. The highest BCUT2D eigenvalue weighted by molar-refractivity contribution is 6.71. The van der Waals surface area contributed by atoms with Crippen LogP contribution in [-0.4, -0.2) is 3.79 Å². The molecule has 2 aromatic carbocycles. The van der Waals surface area contributed by atoms with Crippen LogP contribution in [0, 0.1) is 0 Å². The Morgan fingerprint density at radius 2 is 1.25 bits per heavy atom. The van der Waals surface area contributed by atoms with Crippen LogP contribution in [0.1, 0.15) is 11.1 Å². The van der Waals surface area contributed by atoms with Crippen LogP contribution in [0.4, 0.5) is 0 Å². The van der Waals surface area contributed by atoms with Gasteiger partial charge in [0.05, 0.1) is 0 Å². The highest BCUT2D eigenvalue weighted by Crippen LogP contribution is 2.55. The Balaban J connectivity index is 2.70. The second-order valence-electron chi connectivity index (χ2n) is 4.14. The number of hydrogen-bond donors (Lipinski definition) is 0. The molecule has 1 atom stereocenters. The molecule has 0 nitrogen and oxygen atoms in total. The smallest absolute Gasteiger partial charge is 0.104 e. The van der Waals surface area contributed by atoms with Crippen LogP contribution in [0.25, 0.3) is 0 Å². The lowest BCUT2D eigenvalue weighted by Gasteiger charge is -2.35. The van der Waals surface area contributed by atoms with E-state index in [-0.39, 0.29) is 0 Å². The minimum absolute atomic E-state index is 0.420. The van der Waals surface area contributed by atoms with Crippen LogP contribution in [0.3, 0.4) is 0 Å². The van der Waals surface area contributed by atoms with Gasteiger partial charge in [-0.2, -0.15) is 0 Å². The van der Waals surface area contributed by atoms with Crippen molar-refractivity contribution in [3.05, 3.63) is 69.7 Å². The van der Waals surface area contributed by atoms with Gasteiger partial charge in [-0.15, -0.1) is 11.6 Å². The monoisotopic (exact) mass is 386 g/mol. The summed E-state index contributed by atoms with van der Waals surface area (Å²) in [5, 5.41) is 0.986. The molecule has 0 aromatic heterocycles. The standard InChI is InChI=1S/C14H8Cl6/c15-10-7-5-9(6-8-10)13(17,14(18,19)20)11-3-1-2-4-12(11)16/h1-8H. The van der Waals surface area contributed by atoms with Crippen molar-refractivity contribution in [2.24, 2.45) is 0 Å². The Hall–Kier alpha value is 0.180. The Bertz CT molecular complexity index is 602. The van der Waals surface area contributed by atoms with E-state index in [2.05, 4.69) is 0 Å². The lowest BCUT2D eigenvalue weighted by molar-refractivity contribution is 0.748. The van der Waals surface area contributed by atoms with Crippen LogP contribution in [-0.2, 0) is 4.87 Å². The van der Waals surface area contributed by atoms with Crippen molar-refractivity contribution in [3.8, 4) is 0 Å². The van der Waals surface area contributed by atoms with Gasteiger partial charge in [0.25, 0.3) is 0 Å². The molecule has 0 heterocycles. The lowest BCUT2D eigenvalue weighted by Crippen LogP contribution is -2.36. The number of rotatable bonds is 2. The largest absolute Gasteiger partial charge is 0.217 e. The summed E-state index contributed by atoms with van der Waals surface area (Å²) in [7, 11) is 0. The first-order chi connectivity index (χ1) is 9.26. The molecule has 2 rings (SSSR count). The lowest BCUT2D eigenvalue weighted by atomic mass is 9.91. The normalized spacial score (nSPS) is 14.9. The predicted molar refractivity (Wildman–Crippen MR) is 89.8 cm³/mol. The average molecular weight is 389 g/mol.